The summed E-state index contributed by atoms with van der Waals surface area (Å²) in [6.07, 6.45) is 2.71. The van der Waals surface area contributed by atoms with E-state index in [1.54, 1.807) is 13.2 Å². The molecule has 0 saturated carbocycles. The van der Waals surface area contributed by atoms with E-state index < -0.39 is 5.97 Å². The van der Waals surface area contributed by atoms with Gasteiger partial charge in [0.1, 0.15) is 5.75 Å². The summed E-state index contributed by atoms with van der Waals surface area (Å²) in [5, 5.41) is 10.9. The molecule has 0 saturated heterocycles. The van der Waals surface area contributed by atoms with Gasteiger partial charge in [0, 0.05) is 22.7 Å². The van der Waals surface area contributed by atoms with Crippen molar-refractivity contribution in [3.05, 3.63) is 47.1 Å². The first-order valence-corrected chi connectivity index (χ1v) is 7.50. The lowest BCUT2D eigenvalue weighted by atomic mass is 10.1. The average Bonchev–Trinajstić information content (AvgIpc) is 3.05. The highest BCUT2D eigenvalue weighted by Gasteiger charge is 2.15. The van der Waals surface area contributed by atoms with Gasteiger partial charge in [0.15, 0.2) is 4.96 Å². The molecule has 0 aliphatic heterocycles. The molecule has 22 heavy (non-hydrogen) atoms. The van der Waals surface area contributed by atoms with Crippen LogP contribution in [0.4, 0.5) is 0 Å². The van der Waals surface area contributed by atoms with Gasteiger partial charge >= 0.3 is 5.97 Å². The van der Waals surface area contributed by atoms with Crippen molar-refractivity contribution in [2.75, 3.05) is 7.11 Å². The van der Waals surface area contributed by atoms with Crippen LogP contribution in [-0.4, -0.2) is 27.6 Å². The van der Waals surface area contributed by atoms with Crippen LogP contribution in [-0.2, 0) is 4.79 Å². The van der Waals surface area contributed by atoms with E-state index >= 15 is 0 Å². The summed E-state index contributed by atoms with van der Waals surface area (Å²) in [5.74, 6) is -0.252. The predicted octanol–water partition coefficient (Wildman–Crippen LogP) is 3.48. The number of imidazole rings is 1. The maximum Gasteiger partial charge on any atom is 0.328 e. The molecule has 0 unspecified atom stereocenters. The summed E-state index contributed by atoms with van der Waals surface area (Å²) in [7, 11) is 1.61. The third-order valence-corrected chi connectivity index (χ3v) is 4.24. The first-order valence-electron chi connectivity index (χ1n) is 6.62. The predicted molar refractivity (Wildman–Crippen MR) is 86.5 cm³/mol. The van der Waals surface area contributed by atoms with Gasteiger partial charge in [-0.25, -0.2) is 9.78 Å². The van der Waals surface area contributed by atoms with Gasteiger partial charge in [0.2, 0.25) is 0 Å². The molecule has 0 fully saturated rings. The number of carbonyl (C=O) groups is 1. The Morgan fingerprint density at radius 2 is 2.27 bits per heavy atom. The number of nitrogens with zero attached hydrogens (tertiary/aromatic N) is 2. The van der Waals surface area contributed by atoms with E-state index in [0.717, 1.165) is 39.4 Å². The Bertz CT molecular complexity index is 877. The number of fused-ring (bicyclic) bond motifs is 1. The van der Waals surface area contributed by atoms with Crippen molar-refractivity contribution in [2.24, 2.45) is 0 Å². The Morgan fingerprint density at radius 3 is 3.00 bits per heavy atom. The molecular formula is C16H14N2O3S. The smallest absolute Gasteiger partial charge is 0.328 e. The van der Waals surface area contributed by atoms with Crippen molar-refractivity contribution in [1.82, 2.24) is 9.38 Å². The van der Waals surface area contributed by atoms with Crippen molar-refractivity contribution in [1.29, 1.82) is 0 Å². The monoisotopic (exact) mass is 314 g/mol. The fourth-order valence-corrected chi connectivity index (χ4v) is 3.18. The number of thiazole rings is 1. The summed E-state index contributed by atoms with van der Waals surface area (Å²) in [5.41, 5.74) is 3.40. The van der Waals surface area contributed by atoms with Gasteiger partial charge in [-0.2, -0.15) is 0 Å². The zero-order valence-corrected chi connectivity index (χ0v) is 12.9. The molecular weight excluding hydrogens is 300 g/mol. The van der Waals surface area contributed by atoms with Crippen LogP contribution in [0.2, 0.25) is 0 Å². The van der Waals surface area contributed by atoms with E-state index in [2.05, 4.69) is 4.98 Å². The lowest BCUT2D eigenvalue weighted by molar-refractivity contribution is -0.131. The number of benzene rings is 1. The normalized spacial score (nSPS) is 11.4. The Hall–Kier alpha value is -2.60. The molecule has 112 valence electrons. The molecule has 2 heterocycles. The number of rotatable bonds is 4. The molecule has 1 aromatic carbocycles. The Kier molecular flexibility index (Phi) is 3.68. The van der Waals surface area contributed by atoms with Crippen LogP contribution in [0.1, 0.15) is 11.4 Å². The SMILES string of the molecule is COc1cccc(-c2nc3scc(C)n3c2/C=C/C(=O)O)c1. The number of aryl methyl sites for hydroxylation is 1. The van der Waals surface area contributed by atoms with E-state index in [-0.39, 0.29) is 0 Å². The van der Waals surface area contributed by atoms with Crippen molar-refractivity contribution < 1.29 is 14.6 Å². The van der Waals surface area contributed by atoms with Crippen LogP contribution in [0.5, 0.6) is 5.75 Å². The number of hydrogen-bond acceptors (Lipinski definition) is 4. The maximum atomic E-state index is 10.9. The van der Waals surface area contributed by atoms with Gasteiger partial charge in [0.05, 0.1) is 18.5 Å². The molecule has 3 rings (SSSR count). The molecule has 3 aromatic rings. The van der Waals surface area contributed by atoms with E-state index in [9.17, 15) is 4.79 Å². The second-order valence-corrected chi connectivity index (χ2v) is 5.58. The minimum absolute atomic E-state index is 0.735. The number of carboxylic acids is 1. The van der Waals surface area contributed by atoms with Gasteiger partial charge in [0.25, 0.3) is 0 Å². The van der Waals surface area contributed by atoms with E-state index in [0.29, 0.717) is 0 Å². The largest absolute Gasteiger partial charge is 0.497 e. The molecule has 0 radical (unpaired) electrons. The van der Waals surface area contributed by atoms with Crippen LogP contribution in [0.15, 0.2) is 35.7 Å². The molecule has 2 aromatic heterocycles. The average molecular weight is 314 g/mol. The van der Waals surface area contributed by atoms with E-state index in [1.165, 1.54) is 11.3 Å². The molecule has 6 heteroatoms. The number of ether oxygens (including phenoxy) is 1. The summed E-state index contributed by atoms with van der Waals surface area (Å²) >= 11 is 1.53. The molecule has 5 nitrogen and oxygen atoms in total. The minimum atomic E-state index is -0.987. The highest BCUT2D eigenvalue weighted by molar-refractivity contribution is 7.15. The maximum absolute atomic E-state index is 10.9. The number of carboxylic acid groups (broad SMARTS) is 1. The lowest BCUT2D eigenvalue weighted by Crippen LogP contribution is -1.92. The van der Waals surface area contributed by atoms with Gasteiger partial charge < -0.3 is 9.84 Å². The zero-order valence-electron chi connectivity index (χ0n) is 12.1. The topological polar surface area (TPSA) is 63.8 Å². The highest BCUT2D eigenvalue weighted by Crippen LogP contribution is 2.31. The first-order chi connectivity index (χ1) is 10.6. The minimum Gasteiger partial charge on any atom is -0.497 e. The summed E-state index contributed by atoms with van der Waals surface area (Å²) in [6.45, 7) is 1.97. The standard InChI is InChI=1S/C16H14N2O3S/c1-10-9-22-16-17-15(11-4-3-5-12(8-11)21-2)13(18(10)16)6-7-14(19)20/h3-9H,1-2H3,(H,19,20)/b7-6+. The zero-order chi connectivity index (χ0) is 15.7. The second-order valence-electron chi connectivity index (χ2n) is 4.74. The number of aromatic nitrogens is 2. The van der Waals surface area contributed by atoms with Crippen LogP contribution in [0.25, 0.3) is 22.3 Å². The summed E-state index contributed by atoms with van der Waals surface area (Å²) in [6, 6.07) is 7.57. The summed E-state index contributed by atoms with van der Waals surface area (Å²) in [4.78, 5) is 16.3. The Labute approximate surface area is 131 Å². The summed E-state index contributed by atoms with van der Waals surface area (Å²) < 4.78 is 7.21. The third-order valence-electron chi connectivity index (χ3n) is 3.30. The molecule has 0 bridgehead atoms. The Morgan fingerprint density at radius 1 is 1.45 bits per heavy atom. The number of aliphatic carboxylic acids is 1. The van der Waals surface area contributed by atoms with Crippen LogP contribution < -0.4 is 4.74 Å². The van der Waals surface area contributed by atoms with Crippen molar-refractivity contribution in [3.63, 3.8) is 0 Å². The van der Waals surface area contributed by atoms with E-state index in [1.807, 2.05) is 41.0 Å². The van der Waals surface area contributed by atoms with Crippen molar-refractivity contribution in [2.45, 2.75) is 6.92 Å². The Balaban J connectivity index is 2.23. The molecule has 0 atom stereocenters. The van der Waals surface area contributed by atoms with Gasteiger partial charge in [-0.1, -0.05) is 12.1 Å². The fraction of sp³-hybridized carbons (Fsp3) is 0.125. The van der Waals surface area contributed by atoms with Crippen molar-refractivity contribution in [3.8, 4) is 17.0 Å². The molecule has 1 N–H and O–H groups in total. The molecule has 0 aliphatic carbocycles. The fourth-order valence-electron chi connectivity index (χ4n) is 2.31. The molecule has 0 spiro atoms. The van der Waals surface area contributed by atoms with Crippen LogP contribution in [0.3, 0.4) is 0 Å². The van der Waals surface area contributed by atoms with Crippen molar-refractivity contribution >= 4 is 28.3 Å². The highest BCUT2D eigenvalue weighted by atomic mass is 32.1. The van der Waals surface area contributed by atoms with Gasteiger partial charge in [-0.15, -0.1) is 11.3 Å². The van der Waals surface area contributed by atoms with Gasteiger partial charge in [-0.3, -0.25) is 4.40 Å². The van der Waals surface area contributed by atoms with E-state index in [4.69, 9.17) is 9.84 Å². The van der Waals surface area contributed by atoms with Crippen LogP contribution >= 0.6 is 11.3 Å². The first kappa shape index (κ1) is 14.3. The molecule has 0 aliphatic rings. The van der Waals surface area contributed by atoms with Crippen LogP contribution in [0, 0.1) is 6.92 Å². The number of hydrogen-bond donors (Lipinski definition) is 1. The number of methoxy groups -OCH3 is 1. The second kappa shape index (κ2) is 5.65. The van der Waals surface area contributed by atoms with Gasteiger partial charge in [-0.05, 0) is 25.1 Å². The quantitative estimate of drug-likeness (QED) is 0.749. The molecule has 0 amide bonds. The third kappa shape index (κ3) is 2.48. The lowest BCUT2D eigenvalue weighted by Gasteiger charge is -2.04.